The molecule has 0 unspecified atom stereocenters. The standard InChI is InChI=1S/C19H28N2O4/c1-19(2)12-9-21(15(14(12)19)18(24)25-3)17(23)13(8-10-4-5-10)20-16(22)11-6-7-11/h10-15H,4-9H2,1-3H3,(H,20,22)/t12-,13-,14-,15-/m0/s1. The number of piperidine rings is 1. The first kappa shape index (κ1) is 16.9. The zero-order valence-corrected chi connectivity index (χ0v) is 15.3. The molecule has 3 saturated carbocycles. The maximum absolute atomic E-state index is 13.2. The molecule has 0 aromatic heterocycles. The number of methoxy groups -OCH3 is 1. The summed E-state index contributed by atoms with van der Waals surface area (Å²) in [5, 5.41) is 2.97. The molecule has 6 nitrogen and oxygen atoms in total. The quantitative estimate of drug-likeness (QED) is 0.735. The number of amides is 2. The Morgan fingerprint density at radius 3 is 2.44 bits per heavy atom. The van der Waals surface area contributed by atoms with Crippen LogP contribution in [0.1, 0.15) is 46.0 Å². The van der Waals surface area contributed by atoms with Crippen molar-refractivity contribution in [2.45, 2.75) is 58.0 Å². The van der Waals surface area contributed by atoms with Crippen LogP contribution in [0.4, 0.5) is 0 Å². The van der Waals surface area contributed by atoms with E-state index in [0.29, 0.717) is 24.8 Å². The number of nitrogens with zero attached hydrogens (tertiary/aromatic N) is 1. The highest BCUT2D eigenvalue weighted by atomic mass is 16.5. The van der Waals surface area contributed by atoms with E-state index in [9.17, 15) is 14.4 Å². The first-order valence-corrected chi connectivity index (χ1v) is 9.53. The molecule has 0 spiro atoms. The highest BCUT2D eigenvalue weighted by Crippen LogP contribution is 2.65. The number of esters is 1. The lowest BCUT2D eigenvalue weighted by Crippen LogP contribution is -2.54. The van der Waals surface area contributed by atoms with Crippen molar-refractivity contribution >= 4 is 17.8 Å². The fourth-order valence-corrected chi connectivity index (χ4v) is 4.65. The van der Waals surface area contributed by atoms with E-state index in [1.165, 1.54) is 7.11 Å². The molecule has 1 heterocycles. The van der Waals surface area contributed by atoms with Gasteiger partial charge in [0.1, 0.15) is 12.1 Å². The molecule has 138 valence electrons. The van der Waals surface area contributed by atoms with Crippen LogP contribution in [0.15, 0.2) is 0 Å². The summed E-state index contributed by atoms with van der Waals surface area (Å²) in [6.07, 6.45) is 4.79. The van der Waals surface area contributed by atoms with Gasteiger partial charge < -0.3 is 15.0 Å². The molecule has 1 saturated heterocycles. The van der Waals surface area contributed by atoms with Crippen molar-refractivity contribution in [3.63, 3.8) is 0 Å². The molecule has 0 radical (unpaired) electrons. The Bertz CT molecular complexity index is 609. The van der Waals surface area contributed by atoms with Crippen LogP contribution >= 0.6 is 0 Å². The van der Waals surface area contributed by atoms with Gasteiger partial charge in [-0.1, -0.05) is 26.7 Å². The maximum Gasteiger partial charge on any atom is 0.328 e. The monoisotopic (exact) mass is 348 g/mol. The summed E-state index contributed by atoms with van der Waals surface area (Å²) in [7, 11) is 1.38. The minimum atomic E-state index is -0.503. The van der Waals surface area contributed by atoms with Gasteiger partial charge >= 0.3 is 5.97 Å². The minimum Gasteiger partial charge on any atom is -0.467 e. The Kier molecular flexibility index (Phi) is 3.85. The van der Waals surface area contributed by atoms with Gasteiger partial charge in [0.15, 0.2) is 0 Å². The summed E-state index contributed by atoms with van der Waals surface area (Å²) in [6, 6.07) is -0.995. The van der Waals surface area contributed by atoms with E-state index < -0.39 is 12.1 Å². The zero-order chi connectivity index (χ0) is 17.9. The molecule has 4 rings (SSSR count). The van der Waals surface area contributed by atoms with Gasteiger partial charge in [0.25, 0.3) is 0 Å². The van der Waals surface area contributed by atoms with E-state index in [2.05, 4.69) is 19.2 Å². The van der Waals surface area contributed by atoms with Crippen LogP contribution in [0.25, 0.3) is 0 Å². The van der Waals surface area contributed by atoms with Crippen molar-refractivity contribution in [2.75, 3.05) is 13.7 Å². The third-order valence-corrected chi connectivity index (χ3v) is 6.76. The number of rotatable bonds is 6. The molecule has 0 bridgehead atoms. The summed E-state index contributed by atoms with van der Waals surface area (Å²) in [5.41, 5.74) is 0.0822. The van der Waals surface area contributed by atoms with Crippen molar-refractivity contribution in [1.82, 2.24) is 10.2 Å². The number of nitrogens with one attached hydrogen (secondary N) is 1. The Hall–Kier alpha value is -1.59. The lowest BCUT2D eigenvalue weighted by atomic mass is 9.99. The third kappa shape index (κ3) is 2.93. The number of carbonyl (C=O) groups excluding carboxylic acids is 3. The van der Waals surface area contributed by atoms with E-state index >= 15 is 0 Å². The fraction of sp³-hybridized carbons (Fsp3) is 0.842. The molecule has 4 atom stereocenters. The van der Waals surface area contributed by atoms with Gasteiger partial charge in [-0.05, 0) is 36.5 Å². The molecule has 1 N–H and O–H groups in total. The van der Waals surface area contributed by atoms with Crippen molar-refractivity contribution in [1.29, 1.82) is 0 Å². The van der Waals surface area contributed by atoms with Crippen molar-refractivity contribution in [3.05, 3.63) is 0 Å². The molecule has 4 aliphatic rings. The number of carbonyl (C=O) groups is 3. The Labute approximate surface area is 148 Å². The second-order valence-corrected chi connectivity index (χ2v) is 8.93. The number of fused-ring (bicyclic) bond motifs is 1. The van der Waals surface area contributed by atoms with E-state index in [0.717, 1.165) is 25.7 Å². The van der Waals surface area contributed by atoms with Crippen LogP contribution in [0.5, 0.6) is 0 Å². The summed E-state index contributed by atoms with van der Waals surface area (Å²) in [5.74, 6) is 0.698. The number of likely N-dealkylation sites (tertiary alicyclic amines) is 1. The lowest BCUT2D eigenvalue weighted by Gasteiger charge is -2.32. The van der Waals surface area contributed by atoms with Crippen LogP contribution < -0.4 is 5.32 Å². The fourth-order valence-electron chi connectivity index (χ4n) is 4.65. The van der Waals surface area contributed by atoms with Crippen LogP contribution in [0, 0.1) is 29.1 Å². The first-order valence-electron chi connectivity index (χ1n) is 9.53. The molecule has 0 aromatic rings. The molecule has 3 aliphatic carbocycles. The molecule has 2 amide bonds. The van der Waals surface area contributed by atoms with E-state index in [4.69, 9.17) is 4.74 Å². The molecule has 0 aromatic carbocycles. The smallest absolute Gasteiger partial charge is 0.328 e. The third-order valence-electron chi connectivity index (χ3n) is 6.76. The number of hydrogen-bond acceptors (Lipinski definition) is 4. The second-order valence-electron chi connectivity index (χ2n) is 8.93. The average molecular weight is 348 g/mol. The van der Waals surface area contributed by atoms with Gasteiger partial charge in [-0.3, -0.25) is 9.59 Å². The van der Waals surface area contributed by atoms with E-state index in [-0.39, 0.29) is 35.0 Å². The van der Waals surface area contributed by atoms with E-state index in [1.807, 2.05) is 0 Å². The summed E-state index contributed by atoms with van der Waals surface area (Å²) >= 11 is 0. The van der Waals surface area contributed by atoms with Crippen molar-refractivity contribution in [3.8, 4) is 0 Å². The number of hydrogen-bond donors (Lipinski definition) is 1. The summed E-state index contributed by atoms with van der Waals surface area (Å²) in [6.45, 7) is 4.89. The van der Waals surface area contributed by atoms with E-state index in [1.54, 1.807) is 4.90 Å². The van der Waals surface area contributed by atoms with Crippen LogP contribution in [0.2, 0.25) is 0 Å². The van der Waals surface area contributed by atoms with Gasteiger partial charge in [-0.15, -0.1) is 0 Å². The summed E-state index contributed by atoms with van der Waals surface area (Å²) in [4.78, 5) is 39.4. The SMILES string of the molecule is COC(=O)[C@@H]1[C@@H]2[C@H](CN1C(=O)[C@H](CC1CC1)NC(=O)C1CC1)C2(C)C. The molecule has 4 fully saturated rings. The van der Waals surface area contributed by atoms with Gasteiger partial charge in [-0.2, -0.15) is 0 Å². The van der Waals surface area contributed by atoms with Gasteiger partial charge in [0.05, 0.1) is 7.11 Å². The van der Waals surface area contributed by atoms with Crippen LogP contribution in [0.3, 0.4) is 0 Å². The Morgan fingerprint density at radius 1 is 1.20 bits per heavy atom. The molecule has 25 heavy (non-hydrogen) atoms. The Morgan fingerprint density at radius 2 is 1.88 bits per heavy atom. The molecule has 6 heteroatoms. The van der Waals surface area contributed by atoms with Gasteiger partial charge in [-0.25, -0.2) is 4.79 Å². The highest BCUT2D eigenvalue weighted by molar-refractivity contribution is 5.92. The zero-order valence-electron chi connectivity index (χ0n) is 15.3. The minimum absolute atomic E-state index is 0.00157. The Balaban J connectivity index is 1.50. The normalized spacial score (nSPS) is 33.4. The maximum atomic E-state index is 13.2. The lowest BCUT2D eigenvalue weighted by molar-refractivity contribution is -0.154. The van der Waals surface area contributed by atoms with Crippen molar-refractivity contribution in [2.24, 2.45) is 29.1 Å². The highest BCUT2D eigenvalue weighted by Gasteiger charge is 2.70. The first-order chi connectivity index (χ1) is 11.8. The molecular formula is C19H28N2O4. The second kappa shape index (κ2) is 5.71. The molecular weight excluding hydrogens is 320 g/mol. The predicted molar refractivity (Wildman–Crippen MR) is 90.3 cm³/mol. The summed E-state index contributed by atoms with van der Waals surface area (Å²) < 4.78 is 4.99. The average Bonchev–Trinajstić information content (AvgIpc) is 3.48. The van der Waals surface area contributed by atoms with Crippen LogP contribution in [-0.2, 0) is 19.1 Å². The van der Waals surface area contributed by atoms with Gasteiger partial charge in [0.2, 0.25) is 11.8 Å². The van der Waals surface area contributed by atoms with Crippen LogP contribution in [-0.4, -0.2) is 48.4 Å². The molecule has 1 aliphatic heterocycles. The largest absolute Gasteiger partial charge is 0.467 e. The van der Waals surface area contributed by atoms with Crippen molar-refractivity contribution < 1.29 is 19.1 Å². The van der Waals surface area contributed by atoms with Gasteiger partial charge in [0, 0.05) is 18.4 Å². The topological polar surface area (TPSA) is 75.7 Å². The predicted octanol–water partition coefficient (Wildman–Crippen LogP) is 1.34. The number of ether oxygens (including phenoxy) is 1.